The summed E-state index contributed by atoms with van der Waals surface area (Å²) in [5, 5.41) is 9.27. The molecule has 0 spiro atoms. The molecule has 3 heteroatoms. The third kappa shape index (κ3) is 4.62. The fourth-order valence-electron chi connectivity index (χ4n) is 1.40. The lowest BCUT2D eigenvalue weighted by Crippen LogP contribution is -2.09. The fourth-order valence-corrected chi connectivity index (χ4v) is 1.40. The van der Waals surface area contributed by atoms with E-state index in [0.717, 1.165) is 17.5 Å². The van der Waals surface area contributed by atoms with Crippen LogP contribution in [0.4, 0.5) is 0 Å². The summed E-state index contributed by atoms with van der Waals surface area (Å²) in [4.78, 5) is 11.5. The average molecular weight is 248 g/mol. The van der Waals surface area contributed by atoms with Gasteiger partial charge in [-0.1, -0.05) is 26.3 Å². The maximum atomic E-state index is 11.5. The number of aryl methyl sites for hydroxylation is 1. The summed E-state index contributed by atoms with van der Waals surface area (Å²) in [5.41, 5.74) is 1.81. The molecule has 98 valence electrons. The molecule has 1 atom stereocenters. The molecular formula is C15H20O3. The summed E-state index contributed by atoms with van der Waals surface area (Å²) in [6.07, 6.45) is 4.11. The van der Waals surface area contributed by atoms with Gasteiger partial charge in [0.2, 0.25) is 0 Å². The lowest BCUT2D eigenvalue weighted by atomic mass is 10.1. The first-order chi connectivity index (χ1) is 8.52. The number of aromatic hydroxyl groups is 1. The Kier molecular flexibility index (Phi) is 5.43. The van der Waals surface area contributed by atoms with E-state index in [-0.39, 0.29) is 11.7 Å². The largest absolute Gasteiger partial charge is 0.508 e. The number of hydrogen-bond donors (Lipinski definition) is 1. The summed E-state index contributed by atoms with van der Waals surface area (Å²) >= 11 is 0. The van der Waals surface area contributed by atoms with Crippen molar-refractivity contribution in [2.45, 2.75) is 27.2 Å². The number of hydrogen-bond acceptors (Lipinski definition) is 3. The van der Waals surface area contributed by atoms with E-state index in [1.165, 1.54) is 6.08 Å². The van der Waals surface area contributed by atoms with E-state index in [9.17, 15) is 9.90 Å². The van der Waals surface area contributed by atoms with Crippen molar-refractivity contribution in [3.63, 3.8) is 0 Å². The fraction of sp³-hybridized carbons (Fsp3) is 0.400. The van der Waals surface area contributed by atoms with Gasteiger partial charge in [-0.2, -0.15) is 0 Å². The number of phenols is 1. The predicted molar refractivity (Wildman–Crippen MR) is 72.3 cm³/mol. The Morgan fingerprint density at radius 3 is 2.83 bits per heavy atom. The van der Waals surface area contributed by atoms with Crippen LogP contribution in [0.1, 0.15) is 31.4 Å². The monoisotopic (exact) mass is 248 g/mol. The van der Waals surface area contributed by atoms with Crippen molar-refractivity contribution in [3.05, 3.63) is 35.4 Å². The summed E-state index contributed by atoms with van der Waals surface area (Å²) < 4.78 is 5.10. The zero-order valence-electron chi connectivity index (χ0n) is 11.1. The van der Waals surface area contributed by atoms with Crippen molar-refractivity contribution in [1.82, 2.24) is 0 Å². The first-order valence-electron chi connectivity index (χ1n) is 6.17. The Bertz CT molecular complexity index is 435. The number of esters is 1. The Morgan fingerprint density at radius 1 is 1.50 bits per heavy atom. The summed E-state index contributed by atoms with van der Waals surface area (Å²) in [5.74, 6) is 0.282. The number of benzene rings is 1. The molecule has 1 aromatic carbocycles. The molecule has 0 aromatic heterocycles. The van der Waals surface area contributed by atoms with Gasteiger partial charge in [0.15, 0.2) is 0 Å². The number of ether oxygens (including phenoxy) is 1. The van der Waals surface area contributed by atoms with Gasteiger partial charge >= 0.3 is 5.97 Å². The van der Waals surface area contributed by atoms with E-state index in [1.807, 2.05) is 13.8 Å². The van der Waals surface area contributed by atoms with E-state index >= 15 is 0 Å². The molecular weight excluding hydrogens is 228 g/mol. The van der Waals surface area contributed by atoms with Crippen LogP contribution in [0.25, 0.3) is 6.08 Å². The molecule has 0 bridgehead atoms. The van der Waals surface area contributed by atoms with Crippen molar-refractivity contribution >= 4 is 12.0 Å². The molecule has 0 radical (unpaired) electrons. The standard InChI is InChI=1S/C15H20O3/c1-4-11(2)10-18-15(17)8-6-13-5-7-14(16)9-12(13)3/h5-9,11,16H,4,10H2,1-3H3/t11-/m0/s1. The molecule has 3 nitrogen and oxygen atoms in total. The van der Waals surface area contributed by atoms with Crippen LogP contribution in [0.3, 0.4) is 0 Å². The number of rotatable bonds is 5. The number of phenolic OH excluding ortho intramolecular Hbond substituents is 1. The maximum absolute atomic E-state index is 11.5. The normalized spacial score (nSPS) is 12.6. The van der Waals surface area contributed by atoms with Crippen molar-refractivity contribution in [2.75, 3.05) is 6.61 Å². The maximum Gasteiger partial charge on any atom is 0.330 e. The first-order valence-corrected chi connectivity index (χ1v) is 6.17. The molecule has 0 aliphatic carbocycles. The van der Waals surface area contributed by atoms with Crippen molar-refractivity contribution in [2.24, 2.45) is 5.92 Å². The van der Waals surface area contributed by atoms with Gasteiger partial charge in [0.05, 0.1) is 6.61 Å². The van der Waals surface area contributed by atoms with Crippen LogP contribution in [0.5, 0.6) is 5.75 Å². The van der Waals surface area contributed by atoms with Gasteiger partial charge in [0.1, 0.15) is 5.75 Å². The van der Waals surface area contributed by atoms with Crippen LogP contribution in [0.2, 0.25) is 0 Å². The Morgan fingerprint density at radius 2 is 2.22 bits per heavy atom. The van der Waals surface area contributed by atoms with E-state index < -0.39 is 0 Å². The van der Waals surface area contributed by atoms with Crippen molar-refractivity contribution < 1.29 is 14.6 Å². The highest BCUT2D eigenvalue weighted by Gasteiger charge is 2.03. The molecule has 18 heavy (non-hydrogen) atoms. The summed E-state index contributed by atoms with van der Waals surface area (Å²) in [6, 6.07) is 5.02. The molecule has 0 unspecified atom stereocenters. The Hall–Kier alpha value is -1.77. The topological polar surface area (TPSA) is 46.5 Å². The lowest BCUT2D eigenvalue weighted by molar-refractivity contribution is -0.138. The van der Waals surface area contributed by atoms with Gasteiger partial charge in [-0.25, -0.2) is 4.79 Å². The van der Waals surface area contributed by atoms with Crippen LogP contribution in [0, 0.1) is 12.8 Å². The highest BCUT2D eigenvalue weighted by Crippen LogP contribution is 2.16. The molecule has 0 aliphatic heterocycles. The molecule has 0 amide bonds. The second-order valence-corrected chi connectivity index (χ2v) is 4.52. The lowest BCUT2D eigenvalue weighted by Gasteiger charge is -2.07. The first kappa shape index (κ1) is 14.3. The van der Waals surface area contributed by atoms with Crippen LogP contribution >= 0.6 is 0 Å². The molecule has 1 aromatic rings. The van der Waals surface area contributed by atoms with Gasteiger partial charge in [-0.15, -0.1) is 0 Å². The molecule has 1 N–H and O–H groups in total. The van der Waals surface area contributed by atoms with E-state index in [0.29, 0.717) is 12.5 Å². The van der Waals surface area contributed by atoms with Crippen molar-refractivity contribution in [1.29, 1.82) is 0 Å². The van der Waals surface area contributed by atoms with E-state index in [2.05, 4.69) is 6.92 Å². The zero-order valence-corrected chi connectivity index (χ0v) is 11.1. The highest BCUT2D eigenvalue weighted by molar-refractivity contribution is 5.87. The van der Waals surface area contributed by atoms with Gasteiger partial charge in [0.25, 0.3) is 0 Å². The Labute approximate surface area is 108 Å². The quantitative estimate of drug-likeness (QED) is 0.642. The predicted octanol–water partition coefficient (Wildman–Crippen LogP) is 3.30. The van der Waals surface area contributed by atoms with Gasteiger partial charge < -0.3 is 9.84 Å². The molecule has 0 aliphatic rings. The minimum absolute atomic E-state index is 0.226. The molecule has 0 heterocycles. The second kappa shape index (κ2) is 6.84. The van der Waals surface area contributed by atoms with E-state index in [4.69, 9.17) is 4.74 Å². The second-order valence-electron chi connectivity index (χ2n) is 4.52. The summed E-state index contributed by atoms with van der Waals surface area (Å²) in [7, 11) is 0. The number of carbonyl (C=O) groups excluding carboxylic acids is 1. The van der Waals surface area contributed by atoms with Gasteiger partial charge in [-0.05, 0) is 42.2 Å². The Balaban J connectivity index is 2.55. The summed E-state index contributed by atoms with van der Waals surface area (Å²) in [6.45, 7) is 6.44. The van der Waals surface area contributed by atoms with Gasteiger partial charge in [-0.3, -0.25) is 0 Å². The minimum atomic E-state index is -0.331. The molecule has 0 saturated heterocycles. The molecule has 1 rings (SSSR count). The zero-order chi connectivity index (χ0) is 13.5. The third-order valence-corrected chi connectivity index (χ3v) is 2.86. The van der Waals surface area contributed by atoms with Crippen LogP contribution in [0.15, 0.2) is 24.3 Å². The molecule has 0 saturated carbocycles. The van der Waals surface area contributed by atoms with Crippen LogP contribution < -0.4 is 0 Å². The smallest absolute Gasteiger partial charge is 0.330 e. The average Bonchev–Trinajstić information content (AvgIpc) is 2.34. The van der Waals surface area contributed by atoms with E-state index in [1.54, 1.807) is 24.3 Å². The van der Waals surface area contributed by atoms with Crippen molar-refractivity contribution in [3.8, 4) is 5.75 Å². The van der Waals surface area contributed by atoms with Crippen LogP contribution in [-0.4, -0.2) is 17.7 Å². The molecule has 0 fully saturated rings. The third-order valence-electron chi connectivity index (χ3n) is 2.86. The highest BCUT2D eigenvalue weighted by atomic mass is 16.5. The number of carbonyl (C=O) groups is 1. The van der Waals surface area contributed by atoms with Crippen LogP contribution in [-0.2, 0) is 9.53 Å². The van der Waals surface area contributed by atoms with Gasteiger partial charge in [0, 0.05) is 6.08 Å². The minimum Gasteiger partial charge on any atom is -0.508 e. The SMILES string of the molecule is CC[C@H](C)COC(=O)C=Cc1ccc(O)cc1C.